The van der Waals surface area contributed by atoms with E-state index in [2.05, 4.69) is 4.98 Å². The van der Waals surface area contributed by atoms with E-state index in [1.54, 1.807) is 0 Å². The second kappa shape index (κ2) is 3.41. The van der Waals surface area contributed by atoms with Gasteiger partial charge in [0, 0.05) is 12.7 Å². The quantitative estimate of drug-likeness (QED) is 0.744. The third-order valence-electron chi connectivity index (χ3n) is 1.87. The number of aromatic nitrogens is 2. The minimum atomic E-state index is 0.556. The van der Waals surface area contributed by atoms with Crippen molar-refractivity contribution < 1.29 is 0 Å². The van der Waals surface area contributed by atoms with Crippen molar-refractivity contribution in [2.24, 2.45) is 5.73 Å². The molecule has 2 N–H and O–H groups in total. The SMILES string of the molecule is NCC=Cc1cnc2ccccn12. The van der Waals surface area contributed by atoms with Crippen molar-refractivity contribution in [2.75, 3.05) is 6.54 Å². The van der Waals surface area contributed by atoms with Crippen LogP contribution < -0.4 is 5.73 Å². The summed E-state index contributed by atoms with van der Waals surface area (Å²) in [5.41, 5.74) is 7.39. The fourth-order valence-corrected chi connectivity index (χ4v) is 1.26. The smallest absolute Gasteiger partial charge is 0.137 e. The van der Waals surface area contributed by atoms with E-state index in [1.165, 1.54) is 0 Å². The molecule has 0 radical (unpaired) electrons. The van der Waals surface area contributed by atoms with Crippen molar-refractivity contribution >= 4 is 11.7 Å². The van der Waals surface area contributed by atoms with Crippen molar-refractivity contribution in [1.82, 2.24) is 9.38 Å². The Balaban J connectivity index is 2.52. The van der Waals surface area contributed by atoms with Crippen LogP contribution in [-0.2, 0) is 0 Å². The Morgan fingerprint density at radius 2 is 2.38 bits per heavy atom. The lowest BCUT2D eigenvalue weighted by Crippen LogP contribution is -1.92. The van der Waals surface area contributed by atoms with Gasteiger partial charge in [-0.05, 0) is 18.2 Å². The predicted octanol–water partition coefficient (Wildman–Crippen LogP) is 1.31. The van der Waals surface area contributed by atoms with Gasteiger partial charge in [-0.1, -0.05) is 12.1 Å². The van der Waals surface area contributed by atoms with Crippen LogP contribution in [0, 0.1) is 0 Å². The maximum absolute atomic E-state index is 5.37. The average molecular weight is 173 g/mol. The second-order valence-corrected chi connectivity index (χ2v) is 2.75. The molecule has 0 unspecified atom stereocenters. The number of hydrogen-bond acceptors (Lipinski definition) is 2. The fraction of sp³-hybridized carbons (Fsp3) is 0.100. The highest BCUT2D eigenvalue weighted by Gasteiger charge is 1.96. The van der Waals surface area contributed by atoms with Gasteiger partial charge in [-0.25, -0.2) is 4.98 Å². The number of rotatable bonds is 2. The van der Waals surface area contributed by atoms with Crippen LogP contribution in [0.5, 0.6) is 0 Å². The molecule has 2 rings (SSSR count). The van der Waals surface area contributed by atoms with Crippen LogP contribution >= 0.6 is 0 Å². The van der Waals surface area contributed by atoms with Gasteiger partial charge in [-0.15, -0.1) is 0 Å². The van der Waals surface area contributed by atoms with Crippen LogP contribution in [0.25, 0.3) is 11.7 Å². The molecule has 3 nitrogen and oxygen atoms in total. The van der Waals surface area contributed by atoms with Crippen molar-refractivity contribution in [2.45, 2.75) is 0 Å². The van der Waals surface area contributed by atoms with Crippen molar-refractivity contribution in [3.63, 3.8) is 0 Å². The molecule has 0 fully saturated rings. The first-order chi connectivity index (χ1) is 6.42. The Labute approximate surface area is 76.5 Å². The third-order valence-corrected chi connectivity index (χ3v) is 1.87. The third kappa shape index (κ3) is 1.46. The molecule has 0 bridgehead atoms. The van der Waals surface area contributed by atoms with Gasteiger partial charge >= 0.3 is 0 Å². The summed E-state index contributed by atoms with van der Waals surface area (Å²) >= 11 is 0. The van der Waals surface area contributed by atoms with Gasteiger partial charge < -0.3 is 10.1 Å². The molecule has 0 aliphatic carbocycles. The largest absolute Gasteiger partial charge is 0.327 e. The zero-order valence-corrected chi connectivity index (χ0v) is 7.22. The summed E-state index contributed by atoms with van der Waals surface area (Å²) < 4.78 is 2.02. The molecule has 13 heavy (non-hydrogen) atoms. The molecule has 0 aliphatic rings. The lowest BCUT2D eigenvalue weighted by Gasteiger charge is -1.93. The molecule has 0 spiro atoms. The molecular formula is C10H11N3. The number of nitrogens with zero attached hydrogens (tertiary/aromatic N) is 2. The number of hydrogen-bond donors (Lipinski definition) is 1. The summed E-state index contributed by atoms with van der Waals surface area (Å²) in [4.78, 5) is 4.24. The summed E-state index contributed by atoms with van der Waals surface area (Å²) in [5, 5.41) is 0. The monoisotopic (exact) mass is 173 g/mol. The van der Waals surface area contributed by atoms with Gasteiger partial charge in [0.15, 0.2) is 0 Å². The number of fused-ring (bicyclic) bond motifs is 1. The normalized spacial score (nSPS) is 11.5. The van der Waals surface area contributed by atoms with Crippen LogP contribution in [0.2, 0.25) is 0 Å². The topological polar surface area (TPSA) is 43.3 Å². The molecule has 0 aliphatic heterocycles. The average Bonchev–Trinajstić information content (AvgIpc) is 2.58. The highest BCUT2D eigenvalue weighted by Crippen LogP contribution is 2.06. The van der Waals surface area contributed by atoms with E-state index in [1.807, 2.05) is 47.1 Å². The lowest BCUT2D eigenvalue weighted by molar-refractivity contribution is 1.16. The maximum Gasteiger partial charge on any atom is 0.137 e. The molecule has 0 saturated heterocycles. The van der Waals surface area contributed by atoms with Gasteiger partial charge in [0.1, 0.15) is 5.65 Å². The van der Waals surface area contributed by atoms with Gasteiger partial charge in [-0.3, -0.25) is 0 Å². The summed E-state index contributed by atoms with van der Waals surface area (Å²) in [6, 6.07) is 5.92. The van der Waals surface area contributed by atoms with E-state index < -0.39 is 0 Å². The van der Waals surface area contributed by atoms with Crippen LogP contribution in [0.1, 0.15) is 5.69 Å². The molecule has 2 aromatic heterocycles. The maximum atomic E-state index is 5.37. The Kier molecular flexibility index (Phi) is 2.10. The van der Waals surface area contributed by atoms with Crippen LogP contribution in [-0.4, -0.2) is 15.9 Å². The fourth-order valence-electron chi connectivity index (χ4n) is 1.26. The van der Waals surface area contributed by atoms with Gasteiger partial charge in [-0.2, -0.15) is 0 Å². The van der Waals surface area contributed by atoms with Gasteiger partial charge in [0.05, 0.1) is 11.9 Å². The summed E-state index contributed by atoms with van der Waals surface area (Å²) in [6.45, 7) is 0.556. The van der Waals surface area contributed by atoms with Crippen LogP contribution in [0.15, 0.2) is 36.7 Å². The number of pyridine rings is 1. The highest BCUT2D eigenvalue weighted by molar-refractivity contribution is 5.52. The first-order valence-electron chi connectivity index (χ1n) is 4.20. The summed E-state index contributed by atoms with van der Waals surface area (Å²) in [6.07, 6.45) is 7.70. The molecule has 2 aromatic rings. The minimum Gasteiger partial charge on any atom is -0.327 e. The van der Waals surface area contributed by atoms with Gasteiger partial charge in [0.2, 0.25) is 0 Å². The van der Waals surface area contributed by atoms with E-state index >= 15 is 0 Å². The van der Waals surface area contributed by atoms with Crippen molar-refractivity contribution in [1.29, 1.82) is 0 Å². The Hall–Kier alpha value is -1.61. The first kappa shape index (κ1) is 8.01. The Morgan fingerprint density at radius 1 is 1.46 bits per heavy atom. The summed E-state index contributed by atoms with van der Waals surface area (Å²) in [7, 11) is 0. The number of imidazole rings is 1. The summed E-state index contributed by atoms with van der Waals surface area (Å²) in [5.74, 6) is 0. The van der Waals surface area contributed by atoms with Crippen molar-refractivity contribution in [3.8, 4) is 0 Å². The number of nitrogens with two attached hydrogens (primary N) is 1. The van der Waals surface area contributed by atoms with E-state index in [0.29, 0.717) is 6.54 Å². The Bertz CT molecular complexity index is 428. The van der Waals surface area contributed by atoms with E-state index in [-0.39, 0.29) is 0 Å². The molecule has 0 saturated carbocycles. The molecule has 0 atom stereocenters. The van der Waals surface area contributed by atoms with Crippen molar-refractivity contribution in [3.05, 3.63) is 42.4 Å². The molecule has 0 amide bonds. The zero-order valence-electron chi connectivity index (χ0n) is 7.22. The van der Waals surface area contributed by atoms with Crippen LogP contribution in [0.3, 0.4) is 0 Å². The van der Waals surface area contributed by atoms with E-state index in [4.69, 9.17) is 5.73 Å². The second-order valence-electron chi connectivity index (χ2n) is 2.75. The highest BCUT2D eigenvalue weighted by atomic mass is 15.0. The Morgan fingerprint density at radius 3 is 3.23 bits per heavy atom. The molecule has 66 valence electrons. The molecule has 0 aromatic carbocycles. The molecule has 3 heteroatoms. The van der Waals surface area contributed by atoms with E-state index in [0.717, 1.165) is 11.3 Å². The minimum absolute atomic E-state index is 0.556. The van der Waals surface area contributed by atoms with Crippen LogP contribution in [0.4, 0.5) is 0 Å². The first-order valence-corrected chi connectivity index (χ1v) is 4.20. The standard InChI is InChI=1S/C10H11N3/c11-6-3-4-9-8-12-10-5-1-2-7-13(9)10/h1-5,7-8H,6,11H2. The molecule has 2 heterocycles. The lowest BCUT2D eigenvalue weighted by atomic mass is 10.4. The van der Waals surface area contributed by atoms with E-state index in [9.17, 15) is 0 Å². The predicted molar refractivity (Wildman–Crippen MR) is 53.3 cm³/mol. The zero-order chi connectivity index (χ0) is 9.10. The molecular weight excluding hydrogens is 162 g/mol. The van der Waals surface area contributed by atoms with Gasteiger partial charge in [0.25, 0.3) is 0 Å².